The van der Waals surface area contributed by atoms with E-state index in [0.717, 1.165) is 5.56 Å². The van der Waals surface area contributed by atoms with Crippen LogP contribution in [0.25, 0.3) is 0 Å². The van der Waals surface area contributed by atoms with Gasteiger partial charge >= 0.3 is 0 Å². The molecule has 1 aromatic carbocycles. The first kappa shape index (κ1) is 15.5. The summed E-state index contributed by atoms with van der Waals surface area (Å²) in [6.45, 7) is 5.40. The van der Waals surface area contributed by atoms with Gasteiger partial charge in [0.25, 0.3) is 10.0 Å². The number of fused-ring (bicyclic) bond motifs is 1. The predicted octanol–water partition coefficient (Wildman–Crippen LogP) is 2.42. The van der Waals surface area contributed by atoms with E-state index in [1.54, 1.807) is 38.2 Å². The Morgan fingerprint density at radius 1 is 1.17 bits per heavy atom. The normalized spacial score (nSPS) is 15.9. The molecule has 2 N–H and O–H groups in total. The quantitative estimate of drug-likeness (QED) is 0.904. The Morgan fingerprint density at radius 2 is 1.91 bits per heavy atom. The average molecular weight is 331 g/mol. The summed E-state index contributed by atoms with van der Waals surface area (Å²) < 4.78 is 27.5. The number of pyridine rings is 1. The van der Waals surface area contributed by atoms with Gasteiger partial charge in [0.2, 0.25) is 5.91 Å². The molecule has 2 heterocycles. The number of carbonyl (C=O) groups is 1. The molecule has 0 radical (unpaired) electrons. The largest absolute Gasteiger partial charge is 0.325 e. The predicted molar refractivity (Wildman–Crippen MR) is 87.9 cm³/mol. The van der Waals surface area contributed by atoms with Crippen LogP contribution in [0.3, 0.4) is 0 Å². The van der Waals surface area contributed by atoms with Crippen LogP contribution in [0.15, 0.2) is 41.4 Å². The molecular weight excluding hydrogens is 314 g/mol. The number of hydrogen-bond acceptors (Lipinski definition) is 4. The smallest absolute Gasteiger partial charge is 0.263 e. The number of carbonyl (C=O) groups excluding carboxylic acids is 1. The maximum atomic E-state index is 12.5. The van der Waals surface area contributed by atoms with Crippen LogP contribution in [0.4, 0.5) is 11.5 Å². The lowest BCUT2D eigenvalue weighted by Gasteiger charge is -2.16. The molecule has 0 saturated heterocycles. The van der Waals surface area contributed by atoms with E-state index in [0.29, 0.717) is 11.3 Å². The zero-order valence-corrected chi connectivity index (χ0v) is 13.9. The summed E-state index contributed by atoms with van der Waals surface area (Å²) in [6, 6.07) is 7.99. The zero-order chi connectivity index (χ0) is 16.8. The van der Waals surface area contributed by atoms with Crippen LogP contribution < -0.4 is 10.0 Å². The van der Waals surface area contributed by atoms with E-state index in [1.807, 2.05) is 6.92 Å². The van der Waals surface area contributed by atoms with Gasteiger partial charge in [0, 0.05) is 11.9 Å². The summed E-state index contributed by atoms with van der Waals surface area (Å²) in [5.74, 6) is 0.111. The Bertz CT molecular complexity index is 887. The number of sulfonamides is 1. The molecule has 3 rings (SSSR count). The number of amides is 1. The Morgan fingerprint density at radius 3 is 2.57 bits per heavy atom. The summed E-state index contributed by atoms with van der Waals surface area (Å²) in [6.07, 6.45) is 1.59. The molecule has 6 nitrogen and oxygen atoms in total. The zero-order valence-electron chi connectivity index (χ0n) is 13.0. The van der Waals surface area contributed by atoms with Gasteiger partial charge in [-0.25, -0.2) is 13.4 Å². The van der Waals surface area contributed by atoms with Crippen molar-refractivity contribution < 1.29 is 13.2 Å². The Hall–Kier alpha value is -2.41. The molecule has 23 heavy (non-hydrogen) atoms. The first-order valence-electron chi connectivity index (χ1n) is 7.11. The van der Waals surface area contributed by atoms with Gasteiger partial charge in [0.1, 0.15) is 5.82 Å². The van der Waals surface area contributed by atoms with Crippen LogP contribution in [0.2, 0.25) is 0 Å². The summed E-state index contributed by atoms with van der Waals surface area (Å²) in [5, 5.41) is 2.76. The van der Waals surface area contributed by atoms with Gasteiger partial charge in [-0.3, -0.25) is 9.52 Å². The average Bonchev–Trinajstić information content (AvgIpc) is 2.71. The van der Waals surface area contributed by atoms with Crippen molar-refractivity contribution in [2.24, 2.45) is 0 Å². The second-order valence-corrected chi connectivity index (χ2v) is 7.80. The third-order valence-electron chi connectivity index (χ3n) is 3.94. The molecular formula is C16H17N3O3S. The van der Waals surface area contributed by atoms with Crippen LogP contribution >= 0.6 is 0 Å². The molecule has 0 bridgehead atoms. The van der Waals surface area contributed by atoms with Crippen molar-refractivity contribution in [3.63, 3.8) is 0 Å². The second kappa shape index (κ2) is 5.06. The summed E-state index contributed by atoms with van der Waals surface area (Å²) >= 11 is 0. The standard InChI is InChI=1S/C16H17N3O3S/c1-10-4-7-14(17-9-10)19-23(21,22)11-5-6-13-12(8-11)16(2,3)15(20)18-13/h4-9H,1-3H3,(H,17,19)(H,18,20). The van der Waals surface area contributed by atoms with Crippen LogP contribution in [0, 0.1) is 6.92 Å². The lowest BCUT2D eigenvalue weighted by molar-refractivity contribution is -0.119. The van der Waals surface area contributed by atoms with E-state index in [4.69, 9.17) is 0 Å². The number of nitrogens with one attached hydrogen (secondary N) is 2. The van der Waals surface area contributed by atoms with E-state index in [-0.39, 0.29) is 16.6 Å². The molecule has 2 aromatic rings. The highest BCUT2D eigenvalue weighted by Crippen LogP contribution is 2.38. The van der Waals surface area contributed by atoms with Gasteiger partial charge in [-0.2, -0.15) is 0 Å². The molecule has 0 atom stereocenters. The van der Waals surface area contributed by atoms with Gasteiger partial charge in [-0.05, 0) is 56.2 Å². The summed E-state index contributed by atoms with van der Waals surface area (Å²) in [7, 11) is -3.77. The van der Waals surface area contributed by atoms with E-state index in [2.05, 4.69) is 15.0 Å². The fourth-order valence-electron chi connectivity index (χ4n) is 2.44. The topological polar surface area (TPSA) is 88.2 Å². The minimum atomic E-state index is -3.77. The molecule has 1 amide bonds. The van der Waals surface area contributed by atoms with E-state index in [9.17, 15) is 13.2 Å². The summed E-state index contributed by atoms with van der Waals surface area (Å²) in [4.78, 5) is 16.1. The lowest BCUT2D eigenvalue weighted by atomic mass is 9.86. The fourth-order valence-corrected chi connectivity index (χ4v) is 3.48. The van der Waals surface area contributed by atoms with Crippen molar-refractivity contribution in [1.29, 1.82) is 0 Å². The number of benzene rings is 1. The minimum absolute atomic E-state index is 0.100. The fraction of sp³-hybridized carbons (Fsp3) is 0.250. The number of aryl methyl sites for hydroxylation is 1. The second-order valence-electron chi connectivity index (χ2n) is 6.11. The van der Waals surface area contributed by atoms with Gasteiger partial charge < -0.3 is 5.32 Å². The van der Waals surface area contributed by atoms with Gasteiger partial charge in [0.05, 0.1) is 10.3 Å². The Kier molecular flexibility index (Phi) is 3.40. The third-order valence-corrected chi connectivity index (χ3v) is 5.29. The highest BCUT2D eigenvalue weighted by Gasteiger charge is 2.39. The van der Waals surface area contributed by atoms with E-state index in [1.165, 1.54) is 12.1 Å². The van der Waals surface area contributed by atoms with E-state index >= 15 is 0 Å². The third kappa shape index (κ3) is 2.68. The van der Waals surface area contributed by atoms with Gasteiger partial charge in [0.15, 0.2) is 0 Å². The van der Waals surface area contributed by atoms with Crippen molar-refractivity contribution in [3.05, 3.63) is 47.7 Å². The van der Waals surface area contributed by atoms with Crippen molar-refractivity contribution in [2.45, 2.75) is 31.1 Å². The highest BCUT2D eigenvalue weighted by atomic mass is 32.2. The number of anilines is 2. The summed E-state index contributed by atoms with van der Waals surface area (Å²) in [5.41, 5.74) is 1.50. The van der Waals surface area contributed by atoms with Crippen molar-refractivity contribution in [1.82, 2.24) is 4.98 Å². The van der Waals surface area contributed by atoms with Crippen LogP contribution in [0.5, 0.6) is 0 Å². The van der Waals surface area contributed by atoms with Crippen LogP contribution in [-0.4, -0.2) is 19.3 Å². The Labute approximate surface area is 135 Å². The minimum Gasteiger partial charge on any atom is -0.325 e. The molecule has 0 spiro atoms. The van der Waals surface area contributed by atoms with Gasteiger partial charge in [-0.1, -0.05) is 6.07 Å². The maximum absolute atomic E-state index is 12.5. The molecule has 1 aromatic heterocycles. The van der Waals surface area contributed by atoms with Crippen molar-refractivity contribution >= 4 is 27.4 Å². The number of nitrogens with zero attached hydrogens (tertiary/aromatic N) is 1. The number of aromatic nitrogens is 1. The maximum Gasteiger partial charge on any atom is 0.263 e. The molecule has 0 unspecified atom stereocenters. The Balaban J connectivity index is 1.97. The van der Waals surface area contributed by atoms with Crippen LogP contribution in [-0.2, 0) is 20.2 Å². The molecule has 7 heteroatoms. The molecule has 1 aliphatic rings. The van der Waals surface area contributed by atoms with Crippen molar-refractivity contribution in [3.8, 4) is 0 Å². The first-order valence-corrected chi connectivity index (χ1v) is 8.60. The first-order chi connectivity index (χ1) is 10.7. The van der Waals surface area contributed by atoms with E-state index < -0.39 is 15.4 Å². The number of rotatable bonds is 3. The van der Waals surface area contributed by atoms with Gasteiger partial charge in [-0.15, -0.1) is 0 Å². The molecule has 0 saturated carbocycles. The van der Waals surface area contributed by atoms with Crippen LogP contribution in [0.1, 0.15) is 25.0 Å². The van der Waals surface area contributed by atoms with Crippen molar-refractivity contribution in [2.75, 3.05) is 10.0 Å². The molecule has 120 valence electrons. The monoisotopic (exact) mass is 331 g/mol. The molecule has 0 aliphatic carbocycles. The SMILES string of the molecule is Cc1ccc(NS(=O)(=O)c2ccc3c(c2)C(C)(C)C(=O)N3)nc1. The highest BCUT2D eigenvalue weighted by molar-refractivity contribution is 7.92. The molecule has 1 aliphatic heterocycles. The number of hydrogen-bond donors (Lipinski definition) is 2. The lowest BCUT2D eigenvalue weighted by Crippen LogP contribution is -2.27. The molecule has 0 fully saturated rings.